The van der Waals surface area contributed by atoms with E-state index in [1.165, 1.54) is 6.20 Å². The molecule has 0 saturated heterocycles. The molecule has 0 aliphatic carbocycles. The number of halogens is 4. The summed E-state index contributed by atoms with van der Waals surface area (Å²) in [6, 6.07) is 37.6. The summed E-state index contributed by atoms with van der Waals surface area (Å²) in [5.74, 6) is 0.256. The van der Waals surface area contributed by atoms with Crippen molar-refractivity contribution in [3.05, 3.63) is 154 Å². The molecule has 21 heteroatoms. The molecule has 0 aliphatic heterocycles. The van der Waals surface area contributed by atoms with Crippen LogP contribution in [0.4, 0.5) is 17.7 Å². The fourth-order valence-electron chi connectivity index (χ4n) is 8.57. The van der Waals surface area contributed by atoms with Gasteiger partial charge in [0, 0.05) is 39.7 Å². The number of ether oxygens (including phenoxy) is 2. The van der Waals surface area contributed by atoms with Crippen LogP contribution in [0.2, 0.25) is 10.0 Å². The highest BCUT2D eigenvalue weighted by atomic mass is 35.5. The molecule has 0 fully saturated rings. The second-order valence-electron chi connectivity index (χ2n) is 17.5. The normalized spacial score (nSPS) is 11.9. The molecule has 0 aliphatic rings. The predicted molar refractivity (Wildman–Crippen MR) is 293 cm³/mol. The molecule has 0 spiro atoms. The lowest BCUT2D eigenvalue weighted by molar-refractivity contribution is 0.341. The minimum absolute atomic E-state index is 0.181. The highest BCUT2D eigenvalue weighted by molar-refractivity contribution is 7.92. The third-order valence-electron chi connectivity index (χ3n) is 12.1. The summed E-state index contributed by atoms with van der Waals surface area (Å²) in [5.41, 5.74) is 7.06. The van der Waals surface area contributed by atoms with Crippen LogP contribution < -0.4 is 18.5 Å². The number of fused-ring (bicyclic) bond motifs is 3. The van der Waals surface area contributed by atoms with Gasteiger partial charge in [0.2, 0.25) is 31.9 Å². The second-order valence-corrected chi connectivity index (χ2v) is 22.7. The molecule has 3 heterocycles. The van der Waals surface area contributed by atoms with Gasteiger partial charge in [0.15, 0.2) is 17.3 Å². The van der Waals surface area contributed by atoms with Crippen molar-refractivity contribution >= 4 is 117 Å². The molecule has 9 rings (SSSR count). The van der Waals surface area contributed by atoms with Crippen molar-refractivity contribution in [2.24, 2.45) is 0 Å². The number of anilines is 3. The maximum atomic E-state index is 13.8. The topological polar surface area (TPSA) is 206 Å². The molecular formula is C53H41Cl4N9O6S2. The molecule has 9 aromatic rings. The molecule has 74 heavy (non-hydrogen) atoms. The first-order chi connectivity index (χ1) is 35.3. The standard InChI is InChI=1S/C53H41Cl4N9O6S2/c1-53(2,40-23-36(28-58)48(43(56)26-40)71-19-16-54)39-10-5-31(6-11-39)34-7-12-42-46(25-34)61-51(64-73(3,67)68)63-50(42)66(74(4,69)70)52-60-30-38-22-32(8-13-45(38)62-52)33-9-14-47-35(21-33)15-18-65(47)41-24-37(29-59)49(44(57)27-41)72-20-17-55/h5-15,18,21-27,30H,16-17,19-20H2,1-4H3,(H,61,63,64). The fourth-order valence-corrected chi connectivity index (χ4v) is 10.5. The number of nitrogens with one attached hydrogen (secondary N) is 1. The zero-order valence-electron chi connectivity index (χ0n) is 39.7. The van der Waals surface area contributed by atoms with Crippen molar-refractivity contribution in [1.82, 2.24) is 24.5 Å². The van der Waals surface area contributed by atoms with Gasteiger partial charge >= 0.3 is 0 Å². The van der Waals surface area contributed by atoms with Crippen molar-refractivity contribution < 1.29 is 26.3 Å². The first-order valence-electron chi connectivity index (χ1n) is 22.4. The molecule has 0 atom stereocenters. The summed E-state index contributed by atoms with van der Waals surface area (Å²) in [7, 11) is -8.18. The molecule has 0 saturated carbocycles. The van der Waals surface area contributed by atoms with Crippen molar-refractivity contribution in [2.45, 2.75) is 19.3 Å². The zero-order chi connectivity index (χ0) is 52.7. The third-order valence-corrected chi connectivity index (χ3v) is 14.6. The van der Waals surface area contributed by atoms with Gasteiger partial charge in [-0.3, -0.25) is 4.72 Å². The van der Waals surface area contributed by atoms with E-state index in [1.54, 1.807) is 48.5 Å². The average molecular weight is 1110 g/mol. The van der Waals surface area contributed by atoms with Gasteiger partial charge in [-0.1, -0.05) is 79.5 Å². The van der Waals surface area contributed by atoms with Crippen molar-refractivity contribution in [3.63, 3.8) is 0 Å². The molecule has 374 valence electrons. The Labute approximate surface area is 446 Å². The number of hydrogen-bond acceptors (Lipinski definition) is 12. The van der Waals surface area contributed by atoms with Gasteiger partial charge < -0.3 is 14.0 Å². The first-order valence-corrected chi connectivity index (χ1v) is 28.0. The highest BCUT2D eigenvalue weighted by Gasteiger charge is 2.29. The Balaban J connectivity index is 1.04. The summed E-state index contributed by atoms with van der Waals surface area (Å²) < 4.78 is 69.2. The van der Waals surface area contributed by atoms with Crippen LogP contribution in [-0.4, -0.2) is 78.8 Å². The molecule has 6 aromatic carbocycles. The Morgan fingerprint density at radius 1 is 0.676 bits per heavy atom. The zero-order valence-corrected chi connectivity index (χ0v) is 44.4. The van der Waals surface area contributed by atoms with Gasteiger partial charge in [-0.15, -0.1) is 23.2 Å². The number of nitrogens with zero attached hydrogens (tertiary/aromatic N) is 8. The lowest BCUT2D eigenvalue weighted by Crippen LogP contribution is -2.28. The average Bonchev–Trinajstić information content (AvgIpc) is 3.80. The molecule has 0 unspecified atom stereocenters. The molecule has 0 bridgehead atoms. The van der Waals surface area contributed by atoms with Crippen LogP contribution in [0.5, 0.6) is 11.5 Å². The maximum absolute atomic E-state index is 13.8. The predicted octanol–water partition coefficient (Wildman–Crippen LogP) is 11.9. The van der Waals surface area contributed by atoms with Crippen LogP contribution in [-0.2, 0) is 25.5 Å². The van der Waals surface area contributed by atoms with Crippen molar-refractivity contribution in [2.75, 3.05) is 46.5 Å². The van der Waals surface area contributed by atoms with Gasteiger partial charge in [-0.2, -0.15) is 19.8 Å². The summed E-state index contributed by atoms with van der Waals surface area (Å²) in [6.45, 7) is 4.43. The van der Waals surface area contributed by atoms with Crippen LogP contribution in [0.25, 0.3) is 60.6 Å². The number of benzene rings is 6. The van der Waals surface area contributed by atoms with Crippen LogP contribution in [0.15, 0.2) is 122 Å². The third kappa shape index (κ3) is 10.5. The quantitative estimate of drug-likeness (QED) is 0.0897. The summed E-state index contributed by atoms with van der Waals surface area (Å²) in [5, 5.41) is 22.1. The summed E-state index contributed by atoms with van der Waals surface area (Å²) in [4.78, 5) is 18.2. The smallest absolute Gasteiger partial charge is 0.245 e. The first kappa shape index (κ1) is 51.7. The van der Waals surface area contributed by atoms with E-state index >= 15 is 0 Å². The van der Waals surface area contributed by atoms with Crippen LogP contribution in [0, 0.1) is 22.7 Å². The molecule has 3 aromatic heterocycles. The number of aromatic nitrogens is 5. The molecule has 0 amide bonds. The molecule has 0 radical (unpaired) electrons. The second kappa shape index (κ2) is 20.6. The lowest BCUT2D eigenvalue weighted by Gasteiger charge is -2.27. The van der Waals surface area contributed by atoms with Crippen LogP contribution in [0.3, 0.4) is 0 Å². The summed E-state index contributed by atoms with van der Waals surface area (Å²) >= 11 is 24.8. The molecule has 15 nitrogen and oxygen atoms in total. The Morgan fingerprint density at radius 3 is 1.93 bits per heavy atom. The van der Waals surface area contributed by atoms with E-state index in [0.717, 1.165) is 55.5 Å². The van der Waals surface area contributed by atoms with Gasteiger partial charge in [0.05, 0.1) is 62.0 Å². The van der Waals surface area contributed by atoms with E-state index in [-0.39, 0.29) is 75.7 Å². The number of rotatable bonds is 16. The van der Waals surface area contributed by atoms with E-state index in [4.69, 9.17) is 60.9 Å². The van der Waals surface area contributed by atoms with E-state index in [0.29, 0.717) is 32.7 Å². The van der Waals surface area contributed by atoms with Gasteiger partial charge in [0.1, 0.15) is 25.4 Å². The Bertz CT molecular complexity index is 4030. The van der Waals surface area contributed by atoms with Crippen LogP contribution >= 0.6 is 46.4 Å². The minimum atomic E-state index is -4.25. The van der Waals surface area contributed by atoms with Crippen molar-refractivity contribution in [3.8, 4) is 51.6 Å². The SMILES string of the molecule is CC(C)(c1ccc(-c2ccc3c(N(c4ncc5cc(-c6ccc7c(ccn7-c7cc(Cl)c(OCCCl)c(C#N)c7)c6)ccc5n4)S(C)(=O)=O)nc(NS(C)(=O)=O)nc3c2)cc1)c1cc(Cl)c(OCCCl)c(C#N)c1. The van der Waals surface area contributed by atoms with E-state index < -0.39 is 25.5 Å². The number of hydrogen-bond donors (Lipinski definition) is 1. The lowest BCUT2D eigenvalue weighted by atomic mass is 9.77. The van der Waals surface area contributed by atoms with E-state index in [9.17, 15) is 27.4 Å². The van der Waals surface area contributed by atoms with Crippen LogP contribution in [0.1, 0.15) is 36.1 Å². The number of alkyl halides is 2. The Kier molecular flexibility index (Phi) is 14.4. The van der Waals surface area contributed by atoms with Gasteiger partial charge in [-0.05, 0) is 100 Å². The number of nitriles is 2. The van der Waals surface area contributed by atoms with Crippen molar-refractivity contribution in [1.29, 1.82) is 10.5 Å². The minimum Gasteiger partial charge on any atom is -0.489 e. The Morgan fingerprint density at radius 2 is 1.28 bits per heavy atom. The van der Waals surface area contributed by atoms with E-state index in [2.05, 4.69) is 31.8 Å². The Hall–Kier alpha value is -7.22. The van der Waals surface area contributed by atoms with Gasteiger partial charge in [0.25, 0.3) is 0 Å². The fraction of sp³-hybridized carbons (Fsp3) is 0.170. The van der Waals surface area contributed by atoms with Gasteiger partial charge in [-0.25, -0.2) is 31.8 Å². The highest BCUT2D eigenvalue weighted by Crippen LogP contribution is 2.41. The number of sulfonamides is 2. The monoisotopic (exact) mass is 1100 g/mol. The van der Waals surface area contributed by atoms with E-state index in [1.807, 2.05) is 85.3 Å². The largest absolute Gasteiger partial charge is 0.489 e. The molecular weight excluding hydrogens is 1060 g/mol. The maximum Gasteiger partial charge on any atom is 0.245 e. The molecule has 1 N–H and O–H groups in total. The summed E-state index contributed by atoms with van der Waals surface area (Å²) in [6.07, 6.45) is 5.31.